The van der Waals surface area contributed by atoms with Gasteiger partial charge in [-0.05, 0) is 42.7 Å². The van der Waals surface area contributed by atoms with Crippen LogP contribution in [0.3, 0.4) is 0 Å². The summed E-state index contributed by atoms with van der Waals surface area (Å²) in [6.45, 7) is 1.89. The van der Waals surface area contributed by atoms with Crippen LogP contribution in [0.25, 0.3) is 0 Å². The number of nitrogens with zero attached hydrogens (tertiary/aromatic N) is 2. The number of rotatable bonds is 7. The van der Waals surface area contributed by atoms with Gasteiger partial charge in [-0.25, -0.2) is 4.98 Å². The topological polar surface area (TPSA) is 96.0 Å². The van der Waals surface area contributed by atoms with Gasteiger partial charge in [-0.1, -0.05) is 18.2 Å². The van der Waals surface area contributed by atoms with Gasteiger partial charge < -0.3 is 16.0 Å². The number of halogens is 3. The van der Waals surface area contributed by atoms with E-state index in [1.54, 1.807) is 0 Å². The van der Waals surface area contributed by atoms with Crippen molar-refractivity contribution in [3.8, 4) is 0 Å². The average Bonchev–Trinajstić information content (AvgIpc) is 2.79. The Morgan fingerprint density at radius 3 is 2.52 bits per heavy atom. The van der Waals surface area contributed by atoms with Crippen LogP contribution >= 0.6 is 0 Å². The van der Waals surface area contributed by atoms with Gasteiger partial charge in [-0.2, -0.15) is 13.2 Å². The summed E-state index contributed by atoms with van der Waals surface area (Å²) in [5.41, 5.74) is 1.23. The van der Waals surface area contributed by atoms with E-state index in [-0.39, 0.29) is 29.7 Å². The molecular formula is C23H22F3N5O2. The van der Waals surface area contributed by atoms with Crippen molar-refractivity contribution in [1.29, 1.82) is 0 Å². The van der Waals surface area contributed by atoms with E-state index in [1.807, 2.05) is 31.2 Å². The zero-order chi connectivity index (χ0) is 24.0. The third kappa shape index (κ3) is 6.06. The highest BCUT2D eigenvalue weighted by molar-refractivity contribution is 5.99. The number of amides is 2. The van der Waals surface area contributed by atoms with Crippen LogP contribution in [0.15, 0.2) is 55.0 Å². The number of aryl methyl sites for hydroxylation is 2. The third-order valence-corrected chi connectivity index (χ3v) is 4.88. The SMILES string of the molecule is CNC(=O)c1cnc(Nc2ccccc2C)c(NC(=O)CCc2cnccc2C(F)(F)F)c1. The summed E-state index contributed by atoms with van der Waals surface area (Å²) in [5, 5.41) is 8.25. The van der Waals surface area contributed by atoms with Crippen molar-refractivity contribution in [3.05, 3.63) is 77.2 Å². The molecule has 3 aromatic rings. The number of anilines is 3. The lowest BCUT2D eigenvalue weighted by molar-refractivity contribution is -0.138. The zero-order valence-corrected chi connectivity index (χ0v) is 18.0. The summed E-state index contributed by atoms with van der Waals surface area (Å²) in [4.78, 5) is 32.6. The fourth-order valence-corrected chi connectivity index (χ4v) is 3.13. The largest absolute Gasteiger partial charge is 0.416 e. The molecule has 3 rings (SSSR count). The highest BCUT2D eigenvalue weighted by Gasteiger charge is 2.33. The first-order valence-corrected chi connectivity index (χ1v) is 10.0. The summed E-state index contributed by atoms with van der Waals surface area (Å²) < 4.78 is 39.5. The first-order valence-electron chi connectivity index (χ1n) is 10.0. The number of para-hydroxylation sites is 1. The molecule has 0 aliphatic carbocycles. The van der Waals surface area contributed by atoms with Crippen molar-refractivity contribution in [2.45, 2.75) is 25.9 Å². The Morgan fingerprint density at radius 1 is 1.06 bits per heavy atom. The Labute approximate surface area is 188 Å². The number of aromatic nitrogens is 2. The van der Waals surface area contributed by atoms with Crippen LogP contribution in [0.2, 0.25) is 0 Å². The van der Waals surface area contributed by atoms with Crippen LogP contribution in [-0.4, -0.2) is 28.8 Å². The molecule has 0 unspecified atom stereocenters. The predicted octanol–water partition coefficient (Wildman–Crippen LogP) is 4.48. The van der Waals surface area contributed by atoms with Gasteiger partial charge in [-0.3, -0.25) is 14.6 Å². The van der Waals surface area contributed by atoms with Crippen LogP contribution in [0.4, 0.5) is 30.4 Å². The van der Waals surface area contributed by atoms with Crippen molar-refractivity contribution in [1.82, 2.24) is 15.3 Å². The van der Waals surface area contributed by atoms with Gasteiger partial charge in [0.15, 0.2) is 5.82 Å². The van der Waals surface area contributed by atoms with Crippen LogP contribution in [-0.2, 0) is 17.4 Å². The van der Waals surface area contributed by atoms with E-state index in [0.717, 1.165) is 29.7 Å². The second-order valence-electron chi connectivity index (χ2n) is 7.22. The van der Waals surface area contributed by atoms with Crippen molar-refractivity contribution < 1.29 is 22.8 Å². The molecule has 7 nitrogen and oxygen atoms in total. The van der Waals surface area contributed by atoms with Gasteiger partial charge in [0, 0.05) is 37.7 Å². The zero-order valence-electron chi connectivity index (χ0n) is 18.0. The van der Waals surface area contributed by atoms with Crippen molar-refractivity contribution >= 4 is 29.0 Å². The smallest absolute Gasteiger partial charge is 0.355 e. The maximum atomic E-state index is 13.2. The molecule has 0 saturated carbocycles. The van der Waals surface area contributed by atoms with Gasteiger partial charge in [0.25, 0.3) is 5.91 Å². The maximum absolute atomic E-state index is 13.2. The fraction of sp³-hybridized carbons (Fsp3) is 0.217. The van der Waals surface area contributed by atoms with E-state index in [1.165, 1.54) is 19.3 Å². The second-order valence-corrected chi connectivity index (χ2v) is 7.22. The molecule has 3 N–H and O–H groups in total. The summed E-state index contributed by atoms with van der Waals surface area (Å²) in [5.74, 6) is -0.635. The molecule has 172 valence electrons. The Morgan fingerprint density at radius 2 is 1.82 bits per heavy atom. The number of hydrogen-bond acceptors (Lipinski definition) is 5. The maximum Gasteiger partial charge on any atom is 0.416 e. The molecule has 0 bridgehead atoms. The molecule has 2 amide bonds. The normalized spacial score (nSPS) is 11.1. The minimum Gasteiger partial charge on any atom is -0.355 e. The lowest BCUT2D eigenvalue weighted by atomic mass is 10.1. The molecule has 2 heterocycles. The molecule has 33 heavy (non-hydrogen) atoms. The number of carbonyl (C=O) groups is 2. The van der Waals surface area contributed by atoms with Crippen LogP contribution in [0, 0.1) is 6.92 Å². The Balaban J connectivity index is 1.81. The van der Waals surface area contributed by atoms with Crippen molar-refractivity contribution in [3.63, 3.8) is 0 Å². The molecule has 10 heteroatoms. The molecule has 0 aliphatic rings. The Kier molecular flexibility index (Phi) is 7.27. The highest BCUT2D eigenvalue weighted by atomic mass is 19.4. The molecule has 0 radical (unpaired) electrons. The molecule has 0 aliphatic heterocycles. The summed E-state index contributed by atoms with van der Waals surface area (Å²) in [7, 11) is 1.46. The van der Waals surface area contributed by atoms with E-state index >= 15 is 0 Å². The van der Waals surface area contributed by atoms with E-state index < -0.39 is 23.6 Å². The molecule has 0 atom stereocenters. The lowest BCUT2D eigenvalue weighted by Crippen LogP contribution is -2.20. The molecule has 2 aromatic heterocycles. The van der Waals surface area contributed by atoms with Crippen molar-refractivity contribution in [2.24, 2.45) is 0 Å². The van der Waals surface area contributed by atoms with Gasteiger partial charge in [0.2, 0.25) is 5.91 Å². The molecule has 0 saturated heterocycles. The predicted molar refractivity (Wildman–Crippen MR) is 118 cm³/mol. The molecule has 0 spiro atoms. The van der Waals surface area contributed by atoms with E-state index in [0.29, 0.717) is 5.82 Å². The van der Waals surface area contributed by atoms with Gasteiger partial charge in [-0.15, -0.1) is 0 Å². The first-order chi connectivity index (χ1) is 15.7. The van der Waals surface area contributed by atoms with Gasteiger partial charge in [0.1, 0.15) is 0 Å². The average molecular weight is 457 g/mol. The molecular weight excluding hydrogens is 435 g/mol. The second kappa shape index (κ2) is 10.1. The summed E-state index contributed by atoms with van der Waals surface area (Å²) in [6.07, 6.45) is -1.38. The number of nitrogens with one attached hydrogen (secondary N) is 3. The van der Waals surface area contributed by atoms with E-state index in [9.17, 15) is 22.8 Å². The highest BCUT2D eigenvalue weighted by Crippen LogP contribution is 2.32. The van der Waals surface area contributed by atoms with Crippen LogP contribution in [0.1, 0.15) is 33.5 Å². The fourth-order valence-electron chi connectivity index (χ4n) is 3.13. The molecule has 0 fully saturated rings. The Hall–Kier alpha value is -3.95. The molecule has 1 aromatic carbocycles. The Bertz CT molecular complexity index is 1160. The van der Waals surface area contributed by atoms with Crippen LogP contribution in [0.5, 0.6) is 0 Å². The monoisotopic (exact) mass is 457 g/mol. The minimum atomic E-state index is -4.54. The van der Waals surface area contributed by atoms with Crippen LogP contribution < -0.4 is 16.0 Å². The number of pyridine rings is 2. The summed E-state index contributed by atoms with van der Waals surface area (Å²) in [6, 6.07) is 9.77. The first kappa shape index (κ1) is 23.7. The number of benzene rings is 1. The quantitative estimate of drug-likeness (QED) is 0.486. The third-order valence-electron chi connectivity index (χ3n) is 4.88. The van der Waals surface area contributed by atoms with E-state index in [4.69, 9.17) is 0 Å². The summed E-state index contributed by atoms with van der Waals surface area (Å²) >= 11 is 0. The van der Waals surface area contributed by atoms with Gasteiger partial charge >= 0.3 is 6.18 Å². The number of carbonyl (C=O) groups excluding carboxylic acids is 2. The van der Waals surface area contributed by atoms with E-state index in [2.05, 4.69) is 25.9 Å². The standard InChI is InChI=1S/C23H22F3N5O2/c1-14-5-3-4-6-18(14)31-21-19(11-16(13-29-21)22(33)27-2)30-20(32)8-7-15-12-28-10-9-17(15)23(24,25)26/h3-6,9-13H,7-8H2,1-2H3,(H,27,33)(H,29,31)(H,30,32). The minimum absolute atomic E-state index is 0.0735. The van der Waals surface area contributed by atoms with Gasteiger partial charge in [0.05, 0.1) is 16.8 Å². The van der Waals surface area contributed by atoms with Crippen molar-refractivity contribution in [2.75, 3.05) is 17.7 Å². The number of hydrogen-bond donors (Lipinski definition) is 3. The number of alkyl halides is 3. The lowest BCUT2D eigenvalue weighted by Gasteiger charge is -2.15.